The quantitative estimate of drug-likeness (QED) is 0.897. The molecule has 0 radical (unpaired) electrons. The van der Waals surface area contributed by atoms with E-state index in [4.69, 9.17) is 11.6 Å². The van der Waals surface area contributed by atoms with Gasteiger partial charge in [0, 0.05) is 6.04 Å². The Balaban J connectivity index is 1.71. The zero-order valence-electron chi connectivity index (χ0n) is 12.8. The predicted octanol–water partition coefficient (Wildman–Crippen LogP) is 4.28. The van der Waals surface area contributed by atoms with Crippen LogP contribution in [-0.4, -0.2) is 33.7 Å². The lowest BCUT2D eigenvalue weighted by atomic mass is 9.70. The minimum atomic E-state index is 0.157. The molecular formula is C18H19ClN2OS. The van der Waals surface area contributed by atoms with E-state index < -0.39 is 0 Å². The van der Waals surface area contributed by atoms with Gasteiger partial charge in [-0.2, -0.15) is 0 Å². The van der Waals surface area contributed by atoms with Crippen LogP contribution in [0, 0.1) is 5.92 Å². The minimum Gasteiger partial charge on any atom is -0.394 e. The SMILES string of the molecule is C=C(c1nc(Cl)sc1-c1ccccc1)N1C(CO)CC2CC1C2. The molecule has 2 bridgehead atoms. The first-order valence-electron chi connectivity index (χ1n) is 7.97. The first kappa shape index (κ1) is 15.2. The fourth-order valence-corrected chi connectivity index (χ4v) is 5.05. The van der Waals surface area contributed by atoms with Crippen LogP contribution in [0.4, 0.5) is 0 Å². The van der Waals surface area contributed by atoms with Crippen molar-refractivity contribution in [3.8, 4) is 10.4 Å². The Labute approximate surface area is 145 Å². The monoisotopic (exact) mass is 346 g/mol. The number of rotatable bonds is 4. The third kappa shape index (κ3) is 2.59. The Bertz CT molecular complexity index is 724. The van der Waals surface area contributed by atoms with Gasteiger partial charge in [-0.25, -0.2) is 4.98 Å². The van der Waals surface area contributed by atoms with E-state index in [1.54, 1.807) is 0 Å². The number of benzene rings is 1. The molecule has 2 aliphatic heterocycles. The van der Waals surface area contributed by atoms with Gasteiger partial charge in [0.05, 0.1) is 23.2 Å². The highest BCUT2D eigenvalue weighted by molar-refractivity contribution is 7.19. The Morgan fingerprint density at radius 2 is 2.04 bits per heavy atom. The minimum absolute atomic E-state index is 0.157. The summed E-state index contributed by atoms with van der Waals surface area (Å²) in [5.74, 6) is 0.772. The largest absolute Gasteiger partial charge is 0.394 e. The van der Waals surface area contributed by atoms with Crippen LogP contribution < -0.4 is 0 Å². The molecule has 120 valence electrons. The molecule has 3 aliphatic rings. The number of nitrogens with zero attached hydrogens (tertiary/aromatic N) is 2. The van der Waals surface area contributed by atoms with Crippen molar-refractivity contribution in [2.24, 2.45) is 5.92 Å². The van der Waals surface area contributed by atoms with E-state index in [-0.39, 0.29) is 12.6 Å². The lowest BCUT2D eigenvalue weighted by Gasteiger charge is -2.55. The van der Waals surface area contributed by atoms with Crippen LogP contribution in [0.1, 0.15) is 25.0 Å². The molecule has 5 heteroatoms. The van der Waals surface area contributed by atoms with Crippen molar-refractivity contribution in [3.63, 3.8) is 0 Å². The highest BCUT2D eigenvalue weighted by atomic mass is 35.5. The van der Waals surface area contributed by atoms with Crippen molar-refractivity contribution >= 4 is 28.6 Å². The topological polar surface area (TPSA) is 36.4 Å². The van der Waals surface area contributed by atoms with E-state index in [9.17, 15) is 5.11 Å². The van der Waals surface area contributed by atoms with Crippen LogP contribution in [0.5, 0.6) is 0 Å². The van der Waals surface area contributed by atoms with Gasteiger partial charge in [0.15, 0.2) is 4.47 Å². The Morgan fingerprint density at radius 3 is 2.74 bits per heavy atom. The highest BCUT2D eigenvalue weighted by Crippen LogP contribution is 2.47. The average molecular weight is 347 g/mol. The number of hydrogen-bond acceptors (Lipinski definition) is 4. The molecule has 1 unspecified atom stereocenters. The van der Waals surface area contributed by atoms with Crippen molar-refractivity contribution in [2.45, 2.75) is 31.3 Å². The molecule has 0 spiro atoms. The Kier molecular flexibility index (Phi) is 3.92. The van der Waals surface area contributed by atoms with Crippen LogP contribution >= 0.6 is 22.9 Å². The summed E-state index contributed by atoms with van der Waals surface area (Å²) in [5.41, 5.74) is 2.86. The molecule has 23 heavy (non-hydrogen) atoms. The van der Waals surface area contributed by atoms with Gasteiger partial charge < -0.3 is 10.0 Å². The normalized spacial score (nSPS) is 26.0. The first-order valence-corrected chi connectivity index (χ1v) is 9.17. The van der Waals surface area contributed by atoms with E-state index in [0.29, 0.717) is 10.5 Å². The van der Waals surface area contributed by atoms with Crippen LogP contribution in [0.3, 0.4) is 0 Å². The zero-order valence-corrected chi connectivity index (χ0v) is 14.4. The van der Waals surface area contributed by atoms with E-state index in [0.717, 1.165) is 34.2 Å². The molecule has 1 aliphatic carbocycles. The van der Waals surface area contributed by atoms with Gasteiger partial charge in [0.2, 0.25) is 0 Å². The smallest absolute Gasteiger partial charge is 0.184 e. The molecule has 1 aromatic carbocycles. The van der Waals surface area contributed by atoms with E-state index in [1.807, 2.05) is 18.2 Å². The van der Waals surface area contributed by atoms with Gasteiger partial charge in [0.1, 0.15) is 5.69 Å². The fraction of sp³-hybridized carbons (Fsp3) is 0.389. The molecule has 1 atom stereocenters. The molecule has 3 fully saturated rings. The number of hydrogen-bond donors (Lipinski definition) is 1. The summed E-state index contributed by atoms with van der Waals surface area (Å²) in [7, 11) is 0. The van der Waals surface area contributed by atoms with Gasteiger partial charge >= 0.3 is 0 Å². The van der Waals surface area contributed by atoms with Crippen molar-refractivity contribution in [3.05, 3.63) is 47.1 Å². The molecule has 2 aromatic rings. The number of aliphatic hydroxyl groups is 1. The predicted molar refractivity (Wildman–Crippen MR) is 95.4 cm³/mol. The Hall–Kier alpha value is -1.36. The lowest BCUT2D eigenvalue weighted by Crippen LogP contribution is -2.56. The third-order valence-electron chi connectivity index (χ3n) is 5.04. The maximum absolute atomic E-state index is 9.76. The van der Waals surface area contributed by atoms with Gasteiger partial charge in [0.25, 0.3) is 0 Å². The second-order valence-corrected chi connectivity index (χ2v) is 8.01. The van der Waals surface area contributed by atoms with Crippen molar-refractivity contribution in [1.82, 2.24) is 9.88 Å². The number of halogens is 1. The molecule has 0 amide bonds. The van der Waals surface area contributed by atoms with Gasteiger partial charge in [-0.1, -0.05) is 48.5 Å². The van der Waals surface area contributed by atoms with Gasteiger partial charge in [-0.15, -0.1) is 11.3 Å². The van der Waals surface area contributed by atoms with Crippen LogP contribution in [0.2, 0.25) is 4.47 Å². The summed E-state index contributed by atoms with van der Waals surface area (Å²) in [5, 5.41) is 9.76. The zero-order chi connectivity index (χ0) is 16.0. The number of thiazole rings is 1. The van der Waals surface area contributed by atoms with Gasteiger partial charge in [-0.3, -0.25) is 0 Å². The molecule has 3 heterocycles. The highest BCUT2D eigenvalue weighted by Gasteiger charge is 2.44. The van der Waals surface area contributed by atoms with Crippen molar-refractivity contribution < 1.29 is 5.11 Å². The molecule has 2 saturated heterocycles. The van der Waals surface area contributed by atoms with Crippen molar-refractivity contribution in [1.29, 1.82) is 0 Å². The summed E-state index contributed by atoms with van der Waals surface area (Å²) in [4.78, 5) is 7.89. The molecular weight excluding hydrogens is 328 g/mol. The average Bonchev–Trinajstić information content (AvgIpc) is 2.95. The fourth-order valence-electron chi connectivity index (χ4n) is 3.92. The summed E-state index contributed by atoms with van der Waals surface area (Å²) in [6.07, 6.45) is 3.45. The van der Waals surface area contributed by atoms with Crippen molar-refractivity contribution in [2.75, 3.05) is 6.61 Å². The summed E-state index contributed by atoms with van der Waals surface area (Å²) < 4.78 is 0.532. The van der Waals surface area contributed by atoms with E-state index >= 15 is 0 Å². The van der Waals surface area contributed by atoms with E-state index in [1.165, 1.54) is 24.2 Å². The summed E-state index contributed by atoms with van der Waals surface area (Å²) in [6, 6.07) is 10.8. The second kappa shape index (κ2) is 5.93. The molecule has 3 nitrogen and oxygen atoms in total. The molecule has 1 saturated carbocycles. The first-order chi connectivity index (χ1) is 11.2. The number of fused-ring (bicyclic) bond motifs is 2. The summed E-state index contributed by atoms with van der Waals surface area (Å²) in [6.45, 7) is 4.49. The third-order valence-corrected chi connectivity index (χ3v) is 6.24. The molecule has 1 N–H and O–H groups in total. The van der Waals surface area contributed by atoms with Gasteiger partial charge in [-0.05, 0) is 30.7 Å². The number of piperidine rings is 2. The lowest BCUT2D eigenvalue weighted by molar-refractivity contribution is -0.0107. The molecule has 5 rings (SSSR count). The molecule has 1 aromatic heterocycles. The van der Waals surface area contributed by atoms with Crippen LogP contribution in [-0.2, 0) is 0 Å². The maximum Gasteiger partial charge on any atom is 0.184 e. The maximum atomic E-state index is 9.76. The standard InChI is InChI=1S/C18H19ClN2OS/c1-11(21-14-7-12(8-14)9-15(21)10-22)16-17(23-18(19)20-16)13-5-3-2-4-6-13/h2-6,12,14-15,22H,1,7-10H2. The summed E-state index contributed by atoms with van der Waals surface area (Å²) >= 11 is 7.70. The number of aromatic nitrogens is 1. The van der Waals surface area contributed by atoms with Crippen LogP contribution in [0.15, 0.2) is 36.9 Å². The Morgan fingerprint density at radius 1 is 1.30 bits per heavy atom. The van der Waals surface area contributed by atoms with E-state index in [2.05, 4.69) is 28.6 Å². The second-order valence-electron chi connectivity index (χ2n) is 6.43. The number of aliphatic hydroxyl groups excluding tert-OH is 1. The van der Waals surface area contributed by atoms with Crippen LogP contribution in [0.25, 0.3) is 16.1 Å².